The zero-order chi connectivity index (χ0) is 12.0. The summed E-state index contributed by atoms with van der Waals surface area (Å²) in [4.78, 5) is 11.7. The normalized spacial score (nSPS) is 10.2. The number of carbonyl (C=O) groups is 1. The van der Waals surface area contributed by atoms with Gasteiger partial charge in [0.15, 0.2) is 0 Å². The Morgan fingerprint density at radius 2 is 1.94 bits per heavy atom. The highest BCUT2D eigenvalue weighted by Gasteiger charge is 2.13. The Balaban J connectivity index is 2.89. The molecule has 0 aliphatic rings. The Morgan fingerprint density at radius 3 is 2.56 bits per heavy atom. The van der Waals surface area contributed by atoms with Crippen molar-refractivity contribution in [2.24, 2.45) is 5.84 Å². The van der Waals surface area contributed by atoms with E-state index in [0.717, 1.165) is 30.5 Å². The molecule has 0 saturated carbocycles. The zero-order valence-corrected chi connectivity index (χ0v) is 10.1. The number of hydrazine groups is 1. The number of anilines is 1. The number of para-hydroxylation sites is 1. The van der Waals surface area contributed by atoms with Gasteiger partial charge in [0.25, 0.3) is 0 Å². The van der Waals surface area contributed by atoms with Crippen LogP contribution in [-0.2, 0) is 11.2 Å². The van der Waals surface area contributed by atoms with Gasteiger partial charge >= 0.3 is 0 Å². The third-order valence-corrected chi connectivity index (χ3v) is 2.50. The van der Waals surface area contributed by atoms with Gasteiger partial charge in [-0.15, -0.1) is 0 Å². The Labute approximate surface area is 97.2 Å². The second-order valence-corrected chi connectivity index (χ2v) is 3.89. The van der Waals surface area contributed by atoms with Crippen LogP contribution in [0.1, 0.15) is 38.7 Å². The third kappa shape index (κ3) is 3.07. The first kappa shape index (κ1) is 12.7. The monoisotopic (exact) mass is 220 g/mol. The van der Waals surface area contributed by atoms with Crippen LogP contribution < -0.4 is 10.9 Å². The van der Waals surface area contributed by atoms with E-state index in [0.29, 0.717) is 6.42 Å². The van der Waals surface area contributed by atoms with E-state index in [2.05, 4.69) is 6.92 Å². The van der Waals surface area contributed by atoms with Crippen LogP contribution in [0, 0.1) is 0 Å². The van der Waals surface area contributed by atoms with Gasteiger partial charge in [0.2, 0.25) is 5.91 Å². The van der Waals surface area contributed by atoms with Gasteiger partial charge in [0.1, 0.15) is 0 Å². The quantitative estimate of drug-likeness (QED) is 0.471. The van der Waals surface area contributed by atoms with E-state index in [1.807, 2.05) is 31.2 Å². The molecule has 1 aromatic carbocycles. The van der Waals surface area contributed by atoms with Gasteiger partial charge in [-0.05, 0) is 24.5 Å². The molecular weight excluding hydrogens is 200 g/mol. The molecule has 0 unspecified atom stereocenters. The molecule has 0 saturated heterocycles. The van der Waals surface area contributed by atoms with Gasteiger partial charge in [-0.2, -0.15) is 0 Å². The number of hydrogen-bond acceptors (Lipinski definition) is 2. The van der Waals surface area contributed by atoms with E-state index in [1.165, 1.54) is 5.01 Å². The van der Waals surface area contributed by atoms with Crippen molar-refractivity contribution in [3.05, 3.63) is 29.8 Å². The second-order valence-electron chi connectivity index (χ2n) is 3.89. The van der Waals surface area contributed by atoms with E-state index in [9.17, 15) is 4.79 Å². The average molecular weight is 220 g/mol. The number of aryl methyl sites for hydroxylation is 1. The molecule has 3 heteroatoms. The van der Waals surface area contributed by atoms with Crippen molar-refractivity contribution in [2.75, 3.05) is 5.01 Å². The van der Waals surface area contributed by atoms with Crippen LogP contribution in [-0.4, -0.2) is 5.91 Å². The largest absolute Gasteiger partial charge is 0.273 e. The predicted molar refractivity (Wildman–Crippen MR) is 67.0 cm³/mol. The minimum Gasteiger partial charge on any atom is -0.273 e. The Morgan fingerprint density at radius 1 is 1.25 bits per heavy atom. The van der Waals surface area contributed by atoms with Crippen molar-refractivity contribution in [1.29, 1.82) is 0 Å². The zero-order valence-electron chi connectivity index (χ0n) is 10.1. The molecule has 88 valence electrons. The lowest BCUT2D eigenvalue weighted by atomic mass is 10.1. The first-order valence-electron chi connectivity index (χ1n) is 5.86. The maximum absolute atomic E-state index is 11.7. The molecule has 0 aliphatic heterocycles. The molecule has 0 spiro atoms. The van der Waals surface area contributed by atoms with Gasteiger partial charge in [0, 0.05) is 6.42 Å². The molecule has 2 N–H and O–H groups in total. The molecule has 1 rings (SSSR count). The van der Waals surface area contributed by atoms with E-state index in [1.54, 1.807) is 0 Å². The number of nitrogens with two attached hydrogens (primary N) is 1. The highest BCUT2D eigenvalue weighted by Crippen LogP contribution is 2.20. The van der Waals surface area contributed by atoms with Gasteiger partial charge in [-0.1, -0.05) is 38.5 Å². The molecule has 0 aromatic heterocycles. The summed E-state index contributed by atoms with van der Waals surface area (Å²) < 4.78 is 0. The molecule has 0 atom stereocenters. The van der Waals surface area contributed by atoms with Crippen LogP contribution in [0.15, 0.2) is 24.3 Å². The van der Waals surface area contributed by atoms with Crippen LogP contribution in [0.2, 0.25) is 0 Å². The average Bonchev–Trinajstić information content (AvgIpc) is 2.29. The van der Waals surface area contributed by atoms with Crippen molar-refractivity contribution < 1.29 is 4.79 Å². The predicted octanol–water partition coefficient (Wildman–Crippen LogP) is 2.65. The maximum Gasteiger partial charge on any atom is 0.241 e. The molecule has 1 amide bonds. The Hall–Kier alpha value is -1.35. The van der Waals surface area contributed by atoms with Gasteiger partial charge in [0.05, 0.1) is 5.69 Å². The van der Waals surface area contributed by atoms with Crippen molar-refractivity contribution in [2.45, 2.75) is 39.5 Å². The lowest BCUT2D eigenvalue weighted by molar-refractivity contribution is -0.118. The fourth-order valence-electron chi connectivity index (χ4n) is 1.70. The van der Waals surface area contributed by atoms with Crippen LogP contribution in [0.4, 0.5) is 5.69 Å². The second kappa shape index (κ2) is 6.28. The molecule has 16 heavy (non-hydrogen) atoms. The maximum atomic E-state index is 11.7. The molecule has 0 heterocycles. The molecule has 0 aliphatic carbocycles. The fourth-order valence-corrected chi connectivity index (χ4v) is 1.70. The van der Waals surface area contributed by atoms with E-state index < -0.39 is 0 Å². The number of carbonyl (C=O) groups excluding carboxylic acids is 1. The smallest absolute Gasteiger partial charge is 0.241 e. The summed E-state index contributed by atoms with van der Waals surface area (Å²) in [6, 6.07) is 7.82. The molecular formula is C13H20N2O. The summed E-state index contributed by atoms with van der Waals surface area (Å²) >= 11 is 0. The molecule has 3 nitrogen and oxygen atoms in total. The number of rotatable bonds is 5. The number of nitrogens with zero attached hydrogens (tertiary/aromatic N) is 1. The molecule has 1 aromatic rings. The number of hydrogen-bond donors (Lipinski definition) is 1. The van der Waals surface area contributed by atoms with Crippen LogP contribution in [0.3, 0.4) is 0 Å². The third-order valence-electron chi connectivity index (χ3n) is 2.50. The minimum absolute atomic E-state index is 0.0222. The minimum atomic E-state index is -0.0222. The van der Waals surface area contributed by atoms with Crippen molar-refractivity contribution >= 4 is 11.6 Å². The molecule has 0 fully saturated rings. The topological polar surface area (TPSA) is 46.3 Å². The van der Waals surface area contributed by atoms with Gasteiger partial charge in [-0.25, -0.2) is 10.9 Å². The Bertz CT molecular complexity index is 350. The summed E-state index contributed by atoms with van der Waals surface area (Å²) in [7, 11) is 0. The van der Waals surface area contributed by atoms with Gasteiger partial charge < -0.3 is 0 Å². The highest BCUT2D eigenvalue weighted by atomic mass is 16.2. The van der Waals surface area contributed by atoms with Crippen molar-refractivity contribution in [3.8, 4) is 0 Å². The van der Waals surface area contributed by atoms with E-state index >= 15 is 0 Å². The summed E-state index contributed by atoms with van der Waals surface area (Å²) in [5.41, 5.74) is 1.97. The van der Waals surface area contributed by atoms with Crippen molar-refractivity contribution in [3.63, 3.8) is 0 Å². The van der Waals surface area contributed by atoms with Crippen LogP contribution >= 0.6 is 0 Å². The highest BCUT2D eigenvalue weighted by molar-refractivity contribution is 5.92. The first-order valence-corrected chi connectivity index (χ1v) is 5.86. The van der Waals surface area contributed by atoms with Crippen molar-refractivity contribution in [1.82, 2.24) is 0 Å². The lowest BCUT2D eigenvalue weighted by Gasteiger charge is -2.19. The molecule has 0 radical (unpaired) electrons. The number of amides is 1. The lowest BCUT2D eigenvalue weighted by Crippen LogP contribution is -2.37. The summed E-state index contributed by atoms with van der Waals surface area (Å²) in [5.74, 6) is 5.82. The summed E-state index contributed by atoms with van der Waals surface area (Å²) in [6.07, 6.45) is 3.32. The number of benzene rings is 1. The standard InChI is InChI=1S/C13H20N2O/c1-3-7-11-9-5-6-10-12(11)15(14)13(16)8-4-2/h5-6,9-10H,3-4,7-8,14H2,1-2H3. The van der Waals surface area contributed by atoms with E-state index in [4.69, 9.17) is 5.84 Å². The van der Waals surface area contributed by atoms with E-state index in [-0.39, 0.29) is 5.91 Å². The Kier molecular flexibility index (Phi) is 4.99. The van der Waals surface area contributed by atoms with Crippen LogP contribution in [0.25, 0.3) is 0 Å². The summed E-state index contributed by atoms with van der Waals surface area (Å²) in [5, 5.41) is 1.29. The molecule has 0 bridgehead atoms. The SMILES string of the molecule is CCCC(=O)N(N)c1ccccc1CCC. The van der Waals surface area contributed by atoms with Crippen LogP contribution in [0.5, 0.6) is 0 Å². The first-order chi connectivity index (χ1) is 7.70. The van der Waals surface area contributed by atoms with Gasteiger partial charge in [-0.3, -0.25) is 4.79 Å². The summed E-state index contributed by atoms with van der Waals surface area (Å²) in [6.45, 7) is 4.09. The fraction of sp³-hybridized carbons (Fsp3) is 0.462.